The summed E-state index contributed by atoms with van der Waals surface area (Å²) in [7, 11) is 0. The molecule has 0 atom stereocenters. The van der Waals surface area contributed by atoms with Crippen LogP contribution in [0, 0.1) is 12.5 Å². The molecule has 0 nitrogen and oxygen atoms in total. The van der Waals surface area contributed by atoms with E-state index in [-0.39, 0.29) is 5.92 Å². The van der Waals surface area contributed by atoms with Gasteiger partial charge in [0.1, 0.15) is 0 Å². The molecule has 2 heteroatoms. The Hall–Kier alpha value is 0.320. The SMILES string of the molecule is [CH]=CC(CCl)CCl. The first-order valence-corrected chi connectivity index (χ1v) is 3.09. The average Bonchev–Trinajstić information content (AvgIpc) is 1.72. The van der Waals surface area contributed by atoms with E-state index in [2.05, 4.69) is 0 Å². The molecule has 0 rings (SSSR count). The standard InChI is InChI=1S/C5H7Cl2/c1-2-5(3-6)4-7/h1-2,5H,3-4H2. The van der Waals surface area contributed by atoms with Crippen molar-refractivity contribution in [3.63, 3.8) is 0 Å². The third-order valence-corrected chi connectivity index (χ3v) is 1.46. The summed E-state index contributed by atoms with van der Waals surface area (Å²) in [6.07, 6.45) is 1.51. The summed E-state index contributed by atoms with van der Waals surface area (Å²) in [6.45, 7) is 5.10. The number of rotatable bonds is 3. The fourth-order valence-corrected chi connectivity index (χ4v) is 0.680. The van der Waals surface area contributed by atoms with Crippen molar-refractivity contribution in [2.75, 3.05) is 11.8 Å². The highest BCUT2D eigenvalue weighted by atomic mass is 35.5. The number of halogens is 2. The van der Waals surface area contributed by atoms with E-state index in [1.165, 1.54) is 6.08 Å². The predicted octanol–water partition coefficient (Wildman–Crippen LogP) is 2.07. The van der Waals surface area contributed by atoms with Crippen molar-refractivity contribution in [3.8, 4) is 0 Å². The van der Waals surface area contributed by atoms with Gasteiger partial charge in [0, 0.05) is 17.7 Å². The lowest BCUT2D eigenvalue weighted by atomic mass is 10.2. The van der Waals surface area contributed by atoms with Crippen LogP contribution in [0.3, 0.4) is 0 Å². The predicted molar refractivity (Wildman–Crippen MR) is 33.8 cm³/mol. The molecule has 0 spiro atoms. The monoisotopic (exact) mass is 137 g/mol. The molecule has 0 heterocycles. The zero-order valence-electron chi connectivity index (χ0n) is 3.90. The quantitative estimate of drug-likeness (QED) is 0.523. The second-order valence-corrected chi connectivity index (χ2v) is 1.88. The van der Waals surface area contributed by atoms with Crippen LogP contribution < -0.4 is 0 Å². The van der Waals surface area contributed by atoms with Gasteiger partial charge in [0.2, 0.25) is 0 Å². The fourth-order valence-electron chi connectivity index (χ4n) is 0.144. The Morgan fingerprint density at radius 2 is 1.86 bits per heavy atom. The van der Waals surface area contributed by atoms with Crippen LogP contribution in [-0.2, 0) is 0 Å². The smallest absolute Gasteiger partial charge is 0.0297 e. The molecule has 0 N–H and O–H groups in total. The van der Waals surface area contributed by atoms with E-state index in [0.29, 0.717) is 11.8 Å². The molecule has 0 bridgehead atoms. The van der Waals surface area contributed by atoms with Gasteiger partial charge in [-0.25, -0.2) is 0 Å². The number of hydrogen-bond acceptors (Lipinski definition) is 0. The van der Waals surface area contributed by atoms with Gasteiger partial charge < -0.3 is 0 Å². The lowest BCUT2D eigenvalue weighted by molar-refractivity contribution is 0.852. The second-order valence-electron chi connectivity index (χ2n) is 1.26. The summed E-state index contributed by atoms with van der Waals surface area (Å²) >= 11 is 10.7. The maximum absolute atomic E-state index is 5.37. The molecule has 0 aromatic heterocycles. The van der Waals surface area contributed by atoms with Crippen molar-refractivity contribution in [2.24, 2.45) is 5.92 Å². The third kappa shape index (κ3) is 2.95. The Labute approximate surface area is 54.1 Å². The van der Waals surface area contributed by atoms with Crippen LogP contribution in [0.15, 0.2) is 6.08 Å². The maximum atomic E-state index is 5.37. The van der Waals surface area contributed by atoms with Crippen molar-refractivity contribution < 1.29 is 0 Å². The molecule has 0 amide bonds. The molecule has 41 valence electrons. The number of allylic oxidation sites excluding steroid dienone is 1. The van der Waals surface area contributed by atoms with Crippen molar-refractivity contribution in [2.45, 2.75) is 0 Å². The molecule has 0 aromatic carbocycles. The number of alkyl halides is 2. The summed E-state index contributed by atoms with van der Waals surface area (Å²) < 4.78 is 0. The van der Waals surface area contributed by atoms with Crippen molar-refractivity contribution in [1.29, 1.82) is 0 Å². The molecule has 0 aromatic rings. The molecule has 0 aliphatic heterocycles. The van der Waals surface area contributed by atoms with Gasteiger partial charge in [-0.05, 0) is 0 Å². The van der Waals surface area contributed by atoms with E-state index in [4.69, 9.17) is 29.8 Å². The highest BCUT2D eigenvalue weighted by molar-refractivity contribution is 6.21. The fraction of sp³-hybridized carbons (Fsp3) is 0.600. The lowest BCUT2D eigenvalue weighted by Gasteiger charge is -1.97. The van der Waals surface area contributed by atoms with Gasteiger partial charge in [-0.15, -0.1) is 23.2 Å². The zero-order chi connectivity index (χ0) is 5.70. The van der Waals surface area contributed by atoms with E-state index in [9.17, 15) is 0 Å². The minimum absolute atomic E-state index is 0.170. The van der Waals surface area contributed by atoms with Crippen molar-refractivity contribution in [3.05, 3.63) is 12.7 Å². The summed E-state index contributed by atoms with van der Waals surface area (Å²) in [6, 6.07) is 0. The molecule has 7 heavy (non-hydrogen) atoms. The minimum Gasteiger partial charge on any atom is -0.126 e. The van der Waals surface area contributed by atoms with Gasteiger partial charge >= 0.3 is 0 Å². The first kappa shape index (κ1) is 7.32. The lowest BCUT2D eigenvalue weighted by Crippen LogP contribution is -1.97. The molecular weight excluding hydrogens is 131 g/mol. The molecule has 0 unspecified atom stereocenters. The molecule has 0 aliphatic rings. The molecule has 1 radical (unpaired) electrons. The Bertz CT molecular complexity index is 48.0. The van der Waals surface area contributed by atoms with Crippen molar-refractivity contribution >= 4 is 23.2 Å². The van der Waals surface area contributed by atoms with Gasteiger partial charge in [0.05, 0.1) is 0 Å². The Kier molecular flexibility index (Phi) is 4.68. The normalized spacial score (nSPS) is 9.57. The van der Waals surface area contributed by atoms with Crippen LogP contribution in [-0.4, -0.2) is 11.8 Å². The topological polar surface area (TPSA) is 0 Å². The molecular formula is C5H7Cl2. The maximum Gasteiger partial charge on any atom is 0.0297 e. The van der Waals surface area contributed by atoms with E-state index >= 15 is 0 Å². The van der Waals surface area contributed by atoms with Gasteiger partial charge in [-0.1, -0.05) is 12.7 Å². The number of hydrogen-bond donors (Lipinski definition) is 0. The first-order valence-electron chi connectivity index (χ1n) is 2.02. The van der Waals surface area contributed by atoms with Crippen LogP contribution in [0.2, 0.25) is 0 Å². The largest absolute Gasteiger partial charge is 0.126 e. The van der Waals surface area contributed by atoms with Gasteiger partial charge in [-0.3, -0.25) is 0 Å². The van der Waals surface area contributed by atoms with E-state index in [1.54, 1.807) is 0 Å². The highest BCUT2D eigenvalue weighted by Gasteiger charge is 1.96. The average molecular weight is 138 g/mol. The second kappa shape index (κ2) is 4.48. The molecule has 0 fully saturated rings. The summed E-state index contributed by atoms with van der Waals surface area (Å²) in [4.78, 5) is 0. The van der Waals surface area contributed by atoms with Gasteiger partial charge in [0.15, 0.2) is 0 Å². The Morgan fingerprint density at radius 3 is 1.86 bits per heavy atom. The van der Waals surface area contributed by atoms with Crippen LogP contribution in [0.25, 0.3) is 0 Å². The van der Waals surface area contributed by atoms with Crippen LogP contribution in [0.1, 0.15) is 0 Å². The van der Waals surface area contributed by atoms with Crippen molar-refractivity contribution in [1.82, 2.24) is 0 Å². The first-order chi connectivity index (χ1) is 3.35. The zero-order valence-corrected chi connectivity index (χ0v) is 5.41. The molecule has 0 saturated carbocycles. The van der Waals surface area contributed by atoms with Crippen LogP contribution in [0.5, 0.6) is 0 Å². The highest BCUT2D eigenvalue weighted by Crippen LogP contribution is 2.01. The van der Waals surface area contributed by atoms with E-state index in [0.717, 1.165) is 0 Å². The molecule has 0 saturated heterocycles. The Balaban J connectivity index is 3.16. The van der Waals surface area contributed by atoms with E-state index in [1.807, 2.05) is 0 Å². The summed E-state index contributed by atoms with van der Waals surface area (Å²) in [5.41, 5.74) is 0. The summed E-state index contributed by atoms with van der Waals surface area (Å²) in [5.74, 6) is 1.20. The summed E-state index contributed by atoms with van der Waals surface area (Å²) in [5, 5.41) is 0. The van der Waals surface area contributed by atoms with Gasteiger partial charge in [-0.2, -0.15) is 0 Å². The van der Waals surface area contributed by atoms with Crippen LogP contribution >= 0.6 is 23.2 Å². The Morgan fingerprint density at radius 1 is 1.43 bits per heavy atom. The minimum atomic E-state index is 0.170. The molecule has 0 aliphatic carbocycles. The van der Waals surface area contributed by atoms with Crippen LogP contribution in [0.4, 0.5) is 0 Å². The van der Waals surface area contributed by atoms with Gasteiger partial charge in [0.25, 0.3) is 0 Å². The van der Waals surface area contributed by atoms with E-state index < -0.39 is 0 Å². The third-order valence-electron chi connectivity index (χ3n) is 0.669.